The van der Waals surface area contributed by atoms with Gasteiger partial charge in [-0.1, -0.05) is 81.7 Å². The number of amides is 1. The van der Waals surface area contributed by atoms with Crippen molar-refractivity contribution in [3.63, 3.8) is 0 Å². The zero-order valence-corrected chi connectivity index (χ0v) is 20.1. The van der Waals surface area contributed by atoms with Gasteiger partial charge in [-0.3, -0.25) is 4.79 Å². The Morgan fingerprint density at radius 3 is 1.90 bits per heavy atom. The number of carbonyl (C=O) groups excluding carboxylic acids is 1. The number of aromatic nitrogens is 3. The number of para-hydroxylation sites is 1. The number of hydrogen-bond donors (Lipinski definition) is 1. The molecule has 0 saturated heterocycles. The molecule has 1 amide bonds. The Balaban J connectivity index is 2.04. The molecule has 3 aromatic rings. The van der Waals surface area contributed by atoms with Gasteiger partial charge in [-0.25, -0.2) is 15.0 Å². The minimum absolute atomic E-state index is 0.0447. The Labute approximate surface area is 207 Å². The molecule has 1 N–H and O–H groups in total. The van der Waals surface area contributed by atoms with Crippen LogP contribution < -0.4 is 10.1 Å². The van der Waals surface area contributed by atoms with E-state index in [0.717, 1.165) is 0 Å². The van der Waals surface area contributed by atoms with E-state index in [0.29, 0.717) is 22.6 Å². The molecule has 31 heavy (non-hydrogen) atoms. The van der Waals surface area contributed by atoms with E-state index in [4.69, 9.17) is 74.3 Å². The zero-order chi connectivity index (χ0) is 22.8. The second kappa shape index (κ2) is 9.53. The maximum absolute atomic E-state index is 12.7. The van der Waals surface area contributed by atoms with Gasteiger partial charge >= 0.3 is 0 Å². The summed E-state index contributed by atoms with van der Waals surface area (Å²) in [7, 11) is 1.54. The number of benzene rings is 2. The van der Waals surface area contributed by atoms with E-state index < -0.39 is 7.59 Å². The highest BCUT2D eigenvalue weighted by molar-refractivity contribution is 6.67. The molecule has 3 rings (SSSR count). The van der Waals surface area contributed by atoms with Crippen LogP contribution in [-0.2, 0) is 7.59 Å². The van der Waals surface area contributed by atoms with Crippen molar-refractivity contribution in [3.05, 3.63) is 65.7 Å². The average Bonchev–Trinajstić information content (AvgIpc) is 2.72. The first kappa shape index (κ1) is 24.1. The van der Waals surface area contributed by atoms with E-state index in [9.17, 15) is 4.79 Å². The first-order valence-corrected chi connectivity index (χ1v) is 10.7. The van der Waals surface area contributed by atoms with E-state index >= 15 is 0 Å². The molecule has 0 radical (unpaired) electrons. The topological polar surface area (TPSA) is 77.0 Å². The summed E-state index contributed by atoms with van der Waals surface area (Å²) in [6, 6.07) is 13.4. The van der Waals surface area contributed by atoms with Crippen LogP contribution in [0.1, 0.15) is 22.0 Å². The molecule has 6 nitrogen and oxygen atoms in total. The minimum Gasteiger partial charge on any atom is -0.497 e. The molecule has 1 aromatic heterocycles. The lowest BCUT2D eigenvalue weighted by Crippen LogP contribution is -2.17. The van der Waals surface area contributed by atoms with E-state index in [1.165, 1.54) is 7.11 Å². The van der Waals surface area contributed by atoms with E-state index in [-0.39, 0.29) is 23.4 Å². The van der Waals surface area contributed by atoms with Crippen LogP contribution in [0.5, 0.6) is 5.75 Å². The minimum atomic E-state index is -2.00. The average molecular weight is 541 g/mol. The smallest absolute Gasteiger partial charge is 0.255 e. The van der Waals surface area contributed by atoms with Gasteiger partial charge in [-0.15, -0.1) is 0 Å². The summed E-state index contributed by atoms with van der Waals surface area (Å²) in [6.07, 6.45) is 0. The molecule has 0 fully saturated rings. The first-order valence-electron chi connectivity index (χ1n) is 8.44. The number of ether oxygens (including phenoxy) is 1. The molecule has 2 aromatic carbocycles. The molecular weight excluding hydrogens is 529 g/mol. The fraction of sp³-hybridized carbons (Fsp3) is 0.158. The maximum atomic E-state index is 12.7. The molecule has 0 saturated carbocycles. The van der Waals surface area contributed by atoms with Gasteiger partial charge in [0.05, 0.1) is 12.8 Å². The van der Waals surface area contributed by atoms with Gasteiger partial charge < -0.3 is 10.1 Å². The fourth-order valence-electron chi connectivity index (χ4n) is 2.47. The molecule has 0 aliphatic carbocycles. The van der Waals surface area contributed by atoms with Crippen LogP contribution in [-0.4, -0.2) is 28.0 Å². The number of carbonyl (C=O) groups is 1. The first-order chi connectivity index (χ1) is 14.5. The van der Waals surface area contributed by atoms with Gasteiger partial charge in [0.2, 0.25) is 7.59 Å². The lowest BCUT2D eigenvalue weighted by atomic mass is 10.1. The van der Waals surface area contributed by atoms with Gasteiger partial charge in [0, 0.05) is 11.1 Å². The molecule has 0 aliphatic rings. The third-order valence-electron chi connectivity index (χ3n) is 3.91. The SMILES string of the molecule is COc1ccc(C(=O)Nc2ccccc2-c2nc(C(Cl)(Cl)Cl)nc(C(Cl)(Cl)Cl)n2)cc1. The number of halogens is 6. The summed E-state index contributed by atoms with van der Waals surface area (Å²) in [6.45, 7) is 0. The highest BCUT2D eigenvalue weighted by Gasteiger charge is 2.34. The van der Waals surface area contributed by atoms with Crippen molar-refractivity contribution in [1.82, 2.24) is 15.0 Å². The van der Waals surface area contributed by atoms with E-state index in [1.807, 2.05) is 0 Å². The number of hydrogen-bond acceptors (Lipinski definition) is 5. The third kappa shape index (κ3) is 6.04. The number of anilines is 1. The largest absolute Gasteiger partial charge is 0.497 e. The summed E-state index contributed by atoms with van der Waals surface area (Å²) < 4.78 is 1.11. The predicted molar refractivity (Wildman–Crippen MR) is 125 cm³/mol. The standard InChI is InChI=1S/C19H12Cl6N4O2/c1-31-11-8-6-10(7-9-11)15(30)26-13-5-3-2-4-12(13)14-27-16(18(20,21)22)29-17(28-14)19(23,24)25/h2-9H,1H3,(H,26,30). The quantitative estimate of drug-likeness (QED) is 0.385. The Bertz CT molecular complexity index is 1070. The Hall–Kier alpha value is -1.54. The number of nitrogens with zero attached hydrogens (tertiary/aromatic N) is 3. The monoisotopic (exact) mass is 538 g/mol. The highest BCUT2D eigenvalue weighted by Crippen LogP contribution is 2.41. The van der Waals surface area contributed by atoms with Crippen molar-refractivity contribution in [2.24, 2.45) is 0 Å². The molecule has 12 heteroatoms. The van der Waals surface area contributed by atoms with Crippen molar-refractivity contribution in [2.45, 2.75) is 7.59 Å². The molecule has 162 valence electrons. The van der Waals surface area contributed by atoms with Gasteiger partial charge in [0.25, 0.3) is 5.91 Å². The Kier molecular flexibility index (Phi) is 7.41. The van der Waals surface area contributed by atoms with Gasteiger partial charge in [-0.05, 0) is 36.4 Å². The van der Waals surface area contributed by atoms with Crippen molar-refractivity contribution in [2.75, 3.05) is 12.4 Å². The van der Waals surface area contributed by atoms with Crippen LogP contribution in [0.4, 0.5) is 5.69 Å². The number of nitrogens with one attached hydrogen (secondary N) is 1. The molecule has 0 aliphatic heterocycles. The van der Waals surface area contributed by atoms with Crippen molar-refractivity contribution in [1.29, 1.82) is 0 Å². The van der Waals surface area contributed by atoms with Gasteiger partial charge in [-0.2, -0.15) is 0 Å². The zero-order valence-electron chi connectivity index (χ0n) is 15.5. The summed E-state index contributed by atoms with van der Waals surface area (Å²) in [5, 5.41) is 2.80. The predicted octanol–water partition coefficient (Wildman–Crippen LogP) is 6.45. The fourth-order valence-corrected chi connectivity index (χ4v) is 2.98. The molecule has 0 spiro atoms. The molecule has 0 atom stereocenters. The van der Waals surface area contributed by atoms with Crippen LogP contribution >= 0.6 is 69.6 Å². The van der Waals surface area contributed by atoms with Crippen LogP contribution in [0.15, 0.2) is 48.5 Å². The van der Waals surface area contributed by atoms with Gasteiger partial charge in [0.15, 0.2) is 17.5 Å². The van der Waals surface area contributed by atoms with Crippen LogP contribution in [0, 0.1) is 0 Å². The number of rotatable bonds is 4. The lowest BCUT2D eigenvalue weighted by molar-refractivity contribution is 0.102. The van der Waals surface area contributed by atoms with Gasteiger partial charge in [0.1, 0.15) is 5.75 Å². The normalized spacial score (nSPS) is 11.8. The summed E-state index contributed by atoms with van der Waals surface area (Å²) in [5.74, 6) is -0.170. The van der Waals surface area contributed by atoms with Crippen LogP contribution in [0.25, 0.3) is 11.4 Å². The molecule has 1 heterocycles. The highest BCUT2D eigenvalue weighted by atomic mass is 35.6. The lowest BCUT2D eigenvalue weighted by Gasteiger charge is -2.17. The Morgan fingerprint density at radius 1 is 0.839 bits per heavy atom. The number of alkyl halides is 6. The summed E-state index contributed by atoms with van der Waals surface area (Å²) in [4.78, 5) is 25.0. The van der Waals surface area contributed by atoms with Crippen LogP contribution in [0.2, 0.25) is 0 Å². The van der Waals surface area contributed by atoms with Crippen molar-refractivity contribution < 1.29 is 9.53 Å². The third-order valence-corrected chi connectivity index (χ3v) is 4.93. The molecule has 0 unspecified atom stereocenters. The Morgan fingerprint density at radius 2 is 1.39 bits per heavy atom. The van der Waals surface area contributed by atoms with E-state index in [2.05, 4.69) is 20.3 Å². The summed E-state index contributed by atoms with van der Waals surface area (Å²) >= 11 is 35.6. The maximum Gasteiger partial charge on any atom is 0.255 e. The van der Waals surface area contributed by atoms with Crippen molar-refractivity contribution in [3.8, 4) is 17.1 Å². The molecular formula is C19H12Cl6N4O2. The summed E-state index contributed by atoms with van der Waals surface area (Å²) in [5.41, 5.74) is 1.20. The second-order valence-electron chi connectivity index (χ2n) is 6.03. The van der Waals surface area contributed by atoms with Crippen LogP contribution in [0.3, 0.4) is 0 Å². The number of methoxy groups -OCH3 is 1. The molecule has 0 bridgehead atoms. The van der Waals surface area contributed by atoms with E-state index in [1.54, 1.807) is 48.5 Å². The van der Waals surface area contributed by atoms with Crippen molar-refractivity contribution >= 4 is 81.2 Å². The second-order valence-corrected chi connectivity index (χ2v) is 10.6.